The largest absolute Gasteiger partial charge is 0.497 e. The summed E-state index contributed by atoms with van der Waals surface area (Å²) in [7, 11) is 1.66. The highest BCUT2D eigenvalue weighted by molar-refractivity contribution is 5.95. The second-order valence-corrected chi connectivity index (χ2v) is 7.55. The van der Waals surface area contributed by atoms with E-state index in [-0.39, 0.29) is 24.0 Å². The molecule has 138 valence electrons. The summed E-state index contributed by atoms with van der Waals surface area (Å²) in [5.41, 5.74) is 4.60. The van der Waals surface area contributed by atoms with Crippen LogP contribution in [0.5, 0.6) is 5.75 Å². The summed E-state index contributed by atoms with van der Waals surface area (Å²) in [6.45, 7) is 0. The zero-order valence-electron chi connectivity index (χ0n) is 15.2. The maximum Gasteiger partial charge on any atom is 0.417 e. The number of ether oxygens (including phenoxy) is 2. The van der Waals surface area contributed by atoms with Crippen LogP contribution in [0.3, 0.4) is 0 Å². The van der Waals surface area contributed by atoms with Crippen molar-refractivity contribution in [2.45, 2.75) is 37.8 Å². The summed E-state index contributed by atoms with van der Waals surface area (Å²) < 4.78 is 10.8. The lowest BCUT2D eigenvalue weighted by Crippen LogP contribution is -2.40. The Morgan fingerprint density at radius 2 is 1.96 bits per heavy atom. The normalized spacial score (nSPS) is 25.4. The van der Waals surface area contributed by atoms with Crippen molar-refractivity contribution in [1.29, 1.82) is 0 Å². The molecule has 5 nitrogen and oxygen atoms in total. The number of carbonyl (C=O) groups excluding carboxylic acids is 2. The minimum Gasteiger partial charge on any atom is -0.497 e. The maximum atomic E-state index is 13.3. The molecule has 2 amide bonds. The van der Waals surface area contributed by atoms with Crippen molar-refractivity contribution < 1.29 is 19.1 Å². The lowest BCUT2D eigenvalue weighted by molar-refractivity contribution is -0.134. The lowest BCUT2D eigenvalue weighted by Gasteiger charge is -2.28. The molecule has 1 aliphatic heterocycles. The third-order valence-corrected chi connectivity index (χ3v) is 6.10. The molecule has 3 aliphatic rings. The standard InChI is InChI=1S/C22H21NO4/c1-26-17-9-8-13-10-16(7-6-14(13)11-17)21(24)23-20-18-5-3-2-4-15(18)12-19(20)27-22(23)25/h2-5,8-9,11,16,19-20H,6-7,10,12H2,1H3/t16?,19?,20-/m1/s1. The van der Waals surface area contributed by atoms with Gasteiger partial charge in [0.2, 0.25) is 5.91 Å². The van der Waals surface area contributed by atoms with Gasteiger partial charge in [0.15, 0.2) is 0 Å². The number of nitrogens with zero attached hydrogens (tertiary/aromatic N) is 1. The van der Waals surface area contributed by atoms with Crippen molar-refractivity contribution in [1.82, 2.24) is 4.90 Å². The first-order valence-electron chi connectivity index (χ1n) is 9.43. The van der Waals surface area contributed by atoms with Crippen LogP contribution in [0.4, 0.5) is 4.79 Å². The molecule has 1 saturated heterocycles. The Hall–Kier alpha value is -2.82. The molecule has 2 unspecified atom stereocenters. The van der Waals surface area contributed by atoms with Gasteiger partial charge < -0.3 is 9.47 Å². The summed E-state index contributed by atoms with van der Waals surface area (Å²) >= 11 is 0. The van der Waals surface area contributed by atoms with Gasteiger partial charge in [0.05, 0.1) is 7.11 Å². The van der Waals surface area contributed by atoms with Crippen molar-refractivity contribution in [3.63, 3.8) is 0 Å². The molecule has 5 rings (SSSR count). The van der Waals surface area contributed by atoms with Gasteiger partial charge in [-0.05, 0) is 53.6 Å². The van der Waals surface area contributed by atoms with Crippen molar-refractivity contribution in [3.8, 4) is 5.75 Å². The molecule has 27 heavy (non-hydrogen) atoms. The van der Waals surface area contributed by atoms with Crippen LogP contribution in [0.15, 0.2) is 42.5 Å². The zero-order chi connectivity index (χ0) is 18.5. The van der Waals surface area contributed by atoms with E-state index in [9.17, 15) is 9.59 Å². The Kier molecular flexibility index (Phi) is 3.71. The summed E-state index contributed by atoms with van der Waals surface area (Å²) in [4.78, 5) is 27.2. The summed E-state index contributed by atoms with van der Waals surface area (Å²) in [6.07, 6.45) is 2.15. The van der Waals surface area contributed by atoms with Crippen molar-refractivity contribution in [3.05, 3.63) is 64.7 Å². The minimum atomic E-state index is -0.495. The monoisotopic (exact) mass is 363 g/mol. The number of fused-ring (bicyclic) bond motifs is 4. The van der Waals surface area contributed by atoms with E-state index in [0.717, 1.165) is 29.7 Å². The number of benzene rings is 2. The average Bonchev–Trinajstić information content (AvgIpc) is 3.20. The Labute approximate surface area is 157 Å². The van der Waals surface area contributed by atoms with Crippen LogP contribution >= 0.6 is 0 Å². The first kappa shape index (κ1) is 16.4. The topological polar surface area (TPSA) is 55.8 Å². The van der Waals surface area contributed by atoms with Crippen LogP contribution in [0.1, 0.15) is 34.7 Å². The second-order valence-electron chi connectivity index (χ2n) is 7.55. The number of rotatable bonds is 2. The third-order valence-electron chi connectivity index (χ3n) is 6.10. The third kappa shape index (κ3) is 2.52. The predicted molar refractivity (Wildman–Crippen MR) is 98.5 cm³/mol. The lowest BCUT2D eigenvalue weighted by atomic mass is 9.83. The van der Waals surface area contributed by atoms with Gasteiger partial charge in [0.1, 0.15) is 17.9 Å². The highest BCUT2D eigenvalue weighted by atomic mass is 16.6. The van der Waals surface area contributed by atoms with Gasteiger partial charge in [0, 0.05) is 12.3 Å². The molecule has 2 aromatic rings. The van der Waals surface area contributed by atoms with Crippen LogP contribution in [-0.2, 0) is 28.8 Å². The fourth-order valence-corrected chi connectivity index (χ4v) is 4.74. The van der Waals surface area contributed by atoms with E-state index >= 15 is 0 Å². The summed E-state index contributed by atoms with van der Waals surface area (Å²) in [5.74, 6) is 0.544. The summed E-state index contributed by atoms with van der Waals surface area (Å²) in [5, 5.41) is 0. The molecule has 0 aromatic heterocycles. The summed E-state index contributed by atoms with van der Waals surface area (Å²) in [6, 6.07) is 13.7. The SMILES string of the molecule is COc1ccc2c(c1)CCC(C(=O)N1C(=O)OC3Cc4ccccc4[C@H]31)C2. The van der Waals surface area contributed by atoms with Crippen LogP contribution in [0.2, 0.25) is 0 Å². The first-order chi connectivity index (χ1) is 13.2. The van der Waals surface area contributed by atoms with E-state index in [1.807, 2.05) is 42.5 Å². The number of methoxy groups -OCH3 is 1. The van der Waals surface area contributed by atoms with Crippen LogP contribution in [0.25, 0.3) is 0 Å². The molecule has 5 heteroatoms. The van der Waals surface area contributed by atoms with Crippen LogP contribution in [0, 0.1) is 5.92 Å². The van der Waals surface area contributed by atoms with Gasteiger partial charge in [0.25, 0.3) is 0 Å². The fraction of sp³-hybridized carbons (Fsp3) is 0.364. The van der Waals surface area contributed by atoms with Gasteiger partial charge >= 0.3 is 6.09 Å². The number of imide groups is 1. The molecule has 2 aliphatic carbocycles. The molecule has 0 spiro atoms. The predicted octanol–water partition coefficient (Wildman–Crippen LogP) is 3.44. The van der Waals surface area contributed by atoms with E-state index in [1.54, 1.807) is 7.11 Å². The molecule has 0 radical (unpaired) electrons. The zero-order valence-corrected chi connectivity index (χ0v) is 15.2. The second kappa shape index (κ2) is 6.12. The number of carbonyl (C=O) groups is 2. The molecular formula is C22H21NO4. The quantitative estimate of drug-likeness (QED) is 0.820. The Balaban J connectivity index is 1.41. The first-order valence-corrected chi connectivity index (χ1v) is 9.43. The van der Waals surface area contributed by atoms with Gasteiger partial charge in [-0.2, -0.15) is 0 Å². The van der Waals surface area contributed by atoms with E-state index in [4.69, 9.17) is 9.47 Å². The molecule has 1 heterocycles. The van der Waals surface area contributed by atoms with Crippen LogP contribution in [-0.4, -0.2) is 30.1 Å². The van der Waals surface area contributed by atoms with E-state index in [0.29, 0.717) is 12.8 Å². The van der Waals surface area contributed by atoms with Gasteiger partial charge in [-0.25, -0.2) is 9.69 Å². The molecule has 2 aromatic carbocycles. The Morgan fingerprint density at radius 1 is 1.11 bits per heavy atom. The number of aryl methyl sites for hydroxylation is 1. The highest BCUT2D eigenvalue weighted by Gasteiger charge is 2.51. The van der Waals surface area contributed by atoms with E-state index < -0.39 is 6.09 Å². The smallest absolute Gasteiger partial charge is 0.417 e. The minimum absolute atomic E-state index is 0.106. The highest BCUT2D eigenvalue weighted by Crippen LogP contribution is 2.44. The molecule has 3 atom stereocenters. The molecule has 1 fully saturated rings. The number of hydrogen-bond acceptors (Lipinski definition) is 4. The number of hydrogen-bond donors (Lipinski definition) is 0. The van der Waals surface area contributed by atoms with E-state index in [2.05, 4.69) is 0 Å². The molecule has 0 N–H and O–H groups in total. The Bertz CT molecular complexity index is 938. The van der Waals surface area contributed by atoms with Gasteiger partial charge in [-0.1, -0.05) is 30.3 Å². The molecule has 0 saturated carbocycles. The van der Waals surface area contributed by atoms with Crippen molar-refractivity contribution >= 4 is 12.0 Å². The molecular weight excluding hydrogens is 342 g/mol. The fourth-order valence-electron chi connectivity index (χ4n) is 4.74. The van der Waals surface area contributed by atoms with Crippen LogP contribution < -0.4 is 4.74 Å². The maximum absolute atomic E-state index is 13.3. The van der Waals surface area contributed by atoms with Crippen molar-refractivity contribution in [2.75, 3.05) is 7.11 Å². The Morgan fingerprint density at radius 3 is 2.81 bits per heavy atom. The van der Waals surface area contributed by atoms with Gasteiger partial charge in [-0.3, -0.25) is 4.79 Å². The molecule has 0 bridgehead atoms. The van der Waals surface area contributed by atoms with Crippen molar-refractivity contribution in [2.24, 2.45) is 5.92 Å². The average molecular weight is 363 g/mol. The number of amides is 2. The van der Waals surface area contributed by atoms with E-state index in [1.165, 1.54) is 16.0 Å². The van der Waals surface area contributed by atoms with Gasteiger partial charge in [-0.15, -0.1) is 0 Å².